The van der Waals surface area contributed by atoms with Crippen molar-refractivity contribution in [1.29, 1.82) is 0 Å². The first kappa shape index (κ1) is 18.6. The summed E-state index contributed by atoms with van der Waals surface area (Å²) < 4.78 is 0. The molecule has 0 atom stereocenters. The van der Waals surface area contributed by atoms with Crippen LogP contribution in [-0.2, 0) is 16.2 Å². The zero-order valence-electron chi connectivity index (χ0n) is 12.9. The summed E-state index contributed by atoms with van der Waals surface area (Å²) in [6.07, 6.45) is 4.81. The van der Waals surface area contributed by atoms with Gasteiger partial charge in [-0.25, -0.2) is 5.43 Å². The number of pyridine rings is 1. The first-order valence-corrected chi connectivity index (χ1v) is 7.27. The van der Waals surface area contributed by atoms with E-state index in [0.29, 0.717) is 36.1 Å². The zero-order valence-corrected chi connectivity index (χ0v) is 12.9. The number of carbonyl (C=O) groups is 2. The van der Waals surface area contributed by atoms with Gasteiger partial charge in [0.2, 0.25) is 5.91 Å². The van der Waals surface area contributed by atoms with E-state index in [4.69, 9.17) is 5.11 Å². The monoisotopic (exact) mass is 323 g/mol. The molecule has 0 unspecified atom stereocenters. The Kier molecular flexibility index (Phi) is 7.69. The highest BCUT2D eigenvalue weighted by Crippen LogP contribution is 2.21. The molecular weight excluding hydrogens is 302 g/mol. The number of hydrogen-bond donors (Lipinski definition) is 4. The number of amides is 1. The molecule has 0 aliphatic rings. The number of aliphatic hydroxyl groups is 1. The number of nitrogens with one attached hydrogen (secondary N) is 1. The Bertz CT molecular complexity index is 587. The lowest BCUT2D eigenvalue weighted by atomic mass is 10.1. The van der Waals surface area contributed by atoms with Gasteiger partial charge in [-0.2, -0.15) is 5.10 Å². The van der Waals surface area contributed by atoms with Crippen molar-refractivity contribution in [3.05, 3.63) is 23.0 Å². The molecule has 0 saturated carbocycles. The van der Waals surface area contributed by atoms with Crippen LogP contribution >= 0.6 is 0 Å². The maximum absolute atomic E-state index is 11.6. The van der Waals surface area contributed by atoms with E-state index in [9.17, 15) is 19.8 Å². The minimum atomic E-state index is -0.841. The molecule has 0 bridgehead atoms. The average Bonchev–Trinajstić information content (AvgIpc) is 2.51. The number of hydrazone groups is 1. The summed E-state index contributed by atoms with van der Waals surface area (Å²) in [5.74, 6) is -1.23. The van der Waals surface area contributed by atoms with Gasteiger partial charge in [0.05, 0.1) is 18.5 Å². The van der Waals surface area contributed by atoms with Crippen molar-refractivity contribution < 1.29 is 24.9 Å². The van der Waals surface area contributed by atoms with Crippen molar-refractivity contribution in [1.82, 2.24) is 10.4 Å². The van der Waals surface area contributed by atoms with E-state index in [1.807, 2.05) is 0 Å². The molecular formula is C15H21N3O5. The first-order valence-electron chi connectivity index (χ1n) is 7.27. The summed E-state index contributed by atoms with van der Waals surface area (Å²) in [6, 6.07) is 0. The molecule has 8 nitrogen and oxygen atoms in total. The normalized spacial score (nSPS) is 10.9. The Balaban J connectivity index is 2.45. The van der Waals surface area contributed by atoms with Crippen LogP contribution in [0.3, 0.4) is 0 Å². The van der Waals surface area contributed by atoms with Crippen molar-refractivity contribution in [3.63, 3.8) is 0 Å². The summed E-state index contributed by atoms with van der Waals surface area (Å²) in [7, 11) is 0. The quantitative estimate of drug-likeness (QED) is 0.305. The first-order chi connectivity index (χ1) is 11.0. The lowest BCUT2D eigenvalue weighted by Gasteiger charge is -2.07. The van der Waals surface area contributed by atoms with Gasteiger partial charge in [-0.1, -0.05) is 6.42 Å². The van der Waals surface area contributed by atoms with Gasteiger partial charge in [0.1, 0.15) is 5.75 Å². The summed E-state index contributed by atoms with van der Waals surface area (Å²) in [5.41, 5.74) is 3.44. The van der Waals surface area contributed by atoms with E-state index >= 15 is 0 Å². The van der Waals surface area contributed by atoms with E-state index in [1.54, 1.807) is 6.92 Å². The lowest BCUT2D eigenvalue weighted by Crippen LogP contribution is -2.17. The number of aromatic hydroxyl groups is 1. The van der Waals surface area contributed by atoms with Crippen LogP contribution in [0, 0.1) is 6.92 Å². The minimum Gasteiger partial charge on any atom is -0.505 e. The van der Waals surface area contributed by atoms with Crippen LogP contribution in [0.4, 0.5) is 0 Å². The summed E-state index contributed by atoms with van der Waals surface area (Å²) in [4.78, 5) is 25.8. The number of aromatic nitrogens is 1. The molecule has 1 rings (SSSR count). The van der Waals surface area contributed by atoms with Crippen LogP contribution in [0.1, 0.15) is 48.9 Å². The van der Waals surface area contributed by atoms with Gasteiger partial charge in [0.25, 0.3) is 0 Å². The second-order valence-corrected chi connectivity index (χ2v) is 5.04. The van der Waals surface area contributed by atoms with E-state index in [2.05, 4.69) is 15.5 Å². The van der Waals surface area contributed by atoms with Crippen molar-refractivity contribution in [2.45, 2.75) is 45.6 Å². The van der Waals surface area contributed by atoms with Crippen LogP contribution in [0.25, 0.3) is 0 Å². The third-order valence-corrected chi connectivity index (χ3v) is 3.21. The number of carboxylic acids is 1. The highest BCUT2D eigenvalue weighted by atomic mass is 16.4. The number of carboxylic acid groups (broad SMARTS) is 1. The van der Waals surface area contributed by atoms with Gasteiger partial charge < -0.3 is 15.3 Å². The zero-order chi connectivity index (χ0) is 17.2. The largest absolute Gasteiger partial charge is 0.505 e. The summed E-state index contributed by atoms with van der Waals surface area (Å²) in [6.45, 7) is 1.31. The molecule has 1 amide bonds. The number of hydrogen-bond acceptors (Lipinski definition) is 6. The third kappa shape index (κ3) is 6.43. The van der Waals surface area contributed by atoms with Crippen LogP contribution in [0.2, 0.25) is 0 Å². The molecule has 1 aromatic rings. The number of aliphatic hydroxyl groups excluding tert-OH is 1. The van der Waals surface area contributed by atoms with Gasteiger partial charge in [0.15, 0.2) is 0 Å². The Morgan fingerprint density at radius 3 is 2.65 bits per heavy atom. The van der Waals surface area contributed by atoms with Gasteiger partial charge in [-0.05, 0) is 19.8 Å². The maximum Gasteiger partial charge on any atom is 0.303 e. The number of aliphatic carboxylic acids is 1. The molecule has 4 N–H and O–H groups in total. The van der Waals surface area contributed by atoms with Gasteiger partial charge >= 0.3 is 5.97 Å². The van der Waals surface area contributed by atoms with Gasteiger partial charge in [0, 0.05) is 30.2 Å². The number of aryl methyl sites for hydroxylation is 1. The van der Waals surface area contributed by atoms with E-state index < -0.39 is 5.97 Å². The average molecular weight is 323 g/mol. The summed E-state index contributed by atoms with van der Waals surface area (Å²) >= 11 is 0. The molecule has 0 saturated heterocycles. The van der Waals surface area contributed by atoms with Gasteiger partial charge in [-0.15, -0.1) is 0 Å². The fourth-order valence-corrected chi connectivity index (χ4v) is 1.89. The maximum atomic E-state index is 11.6. The van der Waals surface area contributed by atoms with Crippen molar-refractivity contribution in [2.24, 2.45) is 5.10 Å². The number of rotatable bonds is 9. The number of nitrogens with zero attached hydrogens (tertiary/aromatic N) is 2. The van der Waals surface area contributed by atoms with Crippen molar-refractivity contribution >= 4 is 18.1 Å². The van der Waals surface area contributed by atoms with Crippen LogP contribution < -0.4 is 5.43 Å². The van der Waals surface area contributed by atoms with Crippen LogP contribution in [0.15, 0.2) is 11.3 Å². The third-order valence-electron chi connectivity index (χ3n) is 3.21. The van der Waals surface area contributed by atoms with Crippen molar-refractivity contribution in [3.8, 4) is 5.75 Å². The molecule has 23 heavy (non-hydrogen) atoms. The molecule has 0 aliphatic carbocycles. The molecule has 0 radical (unpaired) electrons. The van der Waals surface area contributed by atoms with Crippen LogP contribution in [0.5, 0.6) is 5.75 Å². The summed E-state index contributed by atoms with van der Waals surface area (Å²) in [5, 5.41) is 31.4. The molecule has 8 heteroatoms. The molecule has 1 heterocycles. The molecule has 0 aromatic carbocycles. The standard InChI is InChI=1S/C15H21N3O5/c1-10-15(23)12(11(9-19)7-16-10)8-17-18-13(20)5-3-2-4-6-14(21)22/h7-8,19,23H,2-6,9H2,1H3,(H,18,20)(H,21,22)/b17-8+. The molecule has 1 aromatic heterocycles. The second kappa shape index (κ2) is 9.52. The SMILES string of the molecule is Cc1ncc(CO)c(/C=N/NC(=O)CCCCCC(=O)O)c1O. The smallest absolute Gasteiger partial charge is 0.303 e. The number of carbonyl (C=O) groups excluding carboxylic acids is 1. The molecule has 0 fully saturated rings. The number of unbranched alkanes of at least 4 members (excludes halogenated alkanes) is 2. The van der Waals surface area contributed by atoms with E-state index in [0.717, 1.165) is 0 Å². The van der Waals surface area contributed by atoms with E-state index in [-0.39, 0.29) is 31.1 Å². The Labute approximate surface area is 133 Å². The Morgan fingerprint density at radius 2 is 2.00 bits per heavy atom. The Morgan fingerprint density at radius 1 is 1.30 bits per heavy atom. The predicted octanol–water partition coefficient (Wildman–Crippen LogP) is 1.07. The fraction of sp³-hybridized carbons (Fsp3) is 0.467. The topological polar surface area (TPSA) is 132 Å². The molecule has 126 valence electrons. The fourth-order valence-electron chi connectivity index (χ4n) is 1.89. The predicted molar refractivity (Wildman–Crippen MR) is 83.0 cm³/mol. The molecule has 0 aliphatic heterocycles. The van der Waals surface area contributed by atoms with E-state index in [1.165, 1.54) is 12.4 Å². The highest BCUT2D eigenvalue weighted by molar-refractivity contribution is 5.87. The minimum absolute atomic E-state index is 0.0942. The Hall–Kier alpha value is -2.48. The highest BCUT2D eigenvalue weighted by Gasteiger charge is 2.09. The van der Waals surface area contributed by atoms with Crippen molar-refractivity contribution in [2.75, 3.05) is 0 Å². The molecule has 0 spiro atoms. The van der Waals surface area contributed by atoms with Crippen LogP contribution in [-0.4, -0.2) is 38.4 Å². The second-order valence-electron chi connectivity index (χ2n) is 5.04. The lowest BCUT2D eigenvalue weighted by molar-refractivity contribution is -0.137. The van der Waals surface area contributed by atoms with Gasteiger partial charge in [-0.3, -0.25) is 14.6 Å².